The van der Waals surface area contributed by atoms with Crippen LogP contribution in [0.4, 0.5) is 0 Å². The van der Waals surface area contributed by atoms with Crippen LogP contribution in [0.5, 0.6) is 0 Å². The van der Waals surface area contributed by atoms with Crippen molar-refractivity contribution in [3.63, 3.8) is 0 Å². The average molecular weight is 266 g/mol. The van der Waals surface area contributed by atoms with Gasteiger partial charge in [0, 0.05) is 18.8 Å². The first-order valence-electron chi connectivity index (χ1n) is 7.03. The summed E-state index contributed by atoms with van der Waals surface area (Å²) in [7, 11) is 0. The summed E-state index contributed by atoms with van der Waals surface area (Å²) in [4.78, 5) is 10.4. The molecule has 0 aliphatic heterocycles. The van der Waals surface area contributed by atoms with E-state index in [1.807, 2.05) is 0 Å². The molecule has 1 aromatic rings. The Morgan fingerprint density at radius 2 is 2.21 bits per heavy atom. The highest BCUT2D eigenvalue weighted by Gasteiger charge is 2.38. The topological polar surface area (TPSA) is 76.2 Å². The van der Waals surface area contributed by atoms with Gasteiger partial charge in [0.15, 0.2) is 0 Å². The zero-order valence-corrected chi connectivity index (χ0v) is 11.7. The highest BCUT2D eigenvalue weighted by molar-refractivity contribution is 5.66. The molecule has 1 unspecified atom stereocenters. The zero-order valence-electron chi connectivity index (χ0n) is 11.7. The number of aryl methyl sites for hydroxylation is 1. The van der Waals surface area contributed by atoms with E-state index in [-0.39, 0.29) is 11.8 Å². The second-order valence-corrected chi connectivity index (χ2v) is 6.07. The van der Waals surface area contributed by atoms with Crippen LogP contribution in [0, 0.1) is 5.41 Å². The summed E-state index contributed by atoms with van der Waals surface area (Å²) in [6.07, 6.45) is 5.85. The molecule has 0 spiro atoms. The van der Waals surface area contributed by atoms with Crippen molar-refractivity contribution in [3.05, 3.63) is 11.8 Å². The first kappa shape index (κ1) is 14.0. The number of aromatic nitrogens is 2. The van der Waals surface area contributed by atoms with Gasteiger partial charge in [-0.05, 0) is 31.1 Å². The number of hydrogen-bond donors (Lipinski definition) is 1. The van der Waals surface area contributed by atoms with Crippen LogP contribution in [0.15, 0.2) is 4.42 Å². The third kappa shape index (κ3) is 3.55. The Balaban J connectivity index is 1.87. The number of carbonyl (C=O) groups is 1. The van der Waals surface area contributed by atoms with Crippen molar-refractivity contribution in [2.24, 2.45) is 5.41 Å². The lowest BCUT2D eigenvalue weighted by atomic mass is 9.82. The second-order valence-electron chi connectivity index (χ2n) is 6.07. The molecule has 2 rings (SSSR count). The molecule has 5 heteroatoms. The molecule has 1 aliphatic carbocycles. The number of aliphatic carboxylic acids is 1. The van der Waals surface area contributed by atoms with E-state index in [9.17, 15) is 4.79 Å². The maximum absolute atomic E-state index is 10.4. The van der Waals surface area contributed by atoms with Crippen LogP contribution in [0.1, 0.15) is 70.1 Å². The Bertz CT molecular complexity index is 440. The van der Waals surface area contributed by atoms with E-state index >= 15 is 0 Å². The molecule has 1 atom stereocenters. The minimum absolute atomic E-state index is 0.205. The lowest BCUT2D eigenvalue weighted by Gasteiger charge is -2.23. The summed E-state index contributed by atoms with van der Waals surface area (Å²) in [6.45, 7) is 4.50. The van der Waals surface area contributed by atoms with Gasteiger partial charge in [-0.3, -0.25) is 4.79 Å². The standard InChI is InChI=1S/C14H22N2O3/c1-14(2)9-5-6-10(14)13-16-15-11(19-13)7-3-4-8-12(17)18/h10H,3-9H2,1-2H3,(H,17,18). The molecule has 0 amide bonds. The Morgan fingerprint density at radius 3 is 2.84 bits per heavy atom. The van der Waals surface area contributed by atoms with E-state index < -0.39 is 5.97 Å². The molecule has 5 nitrogen and oxygen atoms in total. The number of carboxylic acid groups (broad SMARTS) is 1. The second kappa shape index (κ2) is 5.72. The Labute approximate surface area is 113 Å². The molecule has 1 fully saturated rings. The molecular weight excluding hydrogens is 244 g/mol. The number of nitrogens with zero attached hydrogens (tertiary/aromatic N) is 2. The SMILES string of the molecule is CC1(C)CCCC1c1nnc(CCCCC(=O)O)o1. The molecule has 0 bridgehead atoms. The first-order valence-corrected chi connectivity index (χ1v) is 7.03. The Morgan fingerprint density at radius 1 is 1.42 bits per heavy atom. The molecular formula is C14H22N2O3. The van der Waals surface area contributed by atoms with Crippen LogP contribution in [-0.4, -0.2) is 21.3 Å². The molecule has 1 aromatic heterocycles. The fourth-order valence-electron chi connectivity index (χ4n) is 2.85. The van der Waals surface area contributed by atoms with Crippen molar-refractivity contribution in [3.8, 4) is 0 Å². The van der Waals surface area contributed by atoms with Gasteiger partial charge >= 0.3 is 5.97 Å². The van der Waals surface area contributed by atoms with Gasteiger partial charge in [0.2, 0.25) is 11.8 Å². The monoisotopic (exact) mass is 266 g/mol. The van der Waals surface area contributed by atoms with Crippen molar-refractivity contribution < 1.29 is 14.3 Å². The van der Waals surface area contributed by atoms with Crippen LogP contribution in [0.3, 0.4) is 0 Å². The van der Waals surface area contributed by atoms with Crippen molar-refractivity contribution in [2.75, 3.05) is 0 Å². The van der Waals surface area contributed by atoms with E-state index in [1.54, 1.807) is 0 Å². The first-order chi connectivity index (χ1) is 8.99. The van der Waals surface area contributed by atoms with Gasteiger partial charge in [0.1, 0.15) is 0 Å². The number of carboxylic acids is 1. The number of unbranched alkanes of at least 4 members (excludes halogenated alkanes) is 1. The molecule has 0 radical (unpaired) electrons. The predicted molar refractivity (Wildman–Crippen MR) is 69.9 cm³/mol. The predicted octanol–water partition coefficient (Wildman–Crippen LogP) is 3.16. The fourth-order valence-corrected chi connectivity index (χ4v) is 2.85. The van der Waals surface area contributed by atoms with Crippen LogP contribution in [-0.2, 0) is 11.2 Å². The lowest BCUT2D eigenvalue weighted by molar-refractivity contribution is -0.137. The highest BCUT2D eigenvalue weighted by atomic mass is 16.4. The summed E-state index contributed by atoms with van der Waals surface area (Å²) >= 11 is 0. The fraction of sp³-hybridized carbons (Fsp3) is 0.786. The quantitative estimate of drug-likeness (QED) is 0.800. The van der Waals surface area contributed by atoms with Crippen LogP contribution < -0.4 is 0 Å². The van der Waals surface area contributed by atoms with E-state index in [1.165, 1.54) is 12.8 Å². The van der Waals surface area contributed by atoms with Crippen LogP contribution in [0.25, 0.3) is 0 Å². The van der Waals surface area contributed by atoms with Gasteiger partial charge in [-0.25, -0.2) is 0 Å². The van der Waals surface area contributed by atoms with Crippen molar-refractivity contribution in [2.45, 2.75) is 64.7 Å². The third-order valence-corrected chi connectivity index (χ3v) is 4.07. The maximum Gasteiger partial charge on any atom is 0.303 e. The minimum atomic E-state index is -0.751. The van der Waals surface area contributed by atoms with E-state index in [4.69, 9.17) is 9.52 Å². The van der Waals surface area contributed by atoms with Gasteiger partial charge < -0.3 is 9.52 Å². The van der Waals surface area contributed by atoms with Gasteiger partial charge in [-0.1, -0.05) is 20.3 Å². The summed E-state index contributed by atoms with van der Waals surface area (Å²) in [5.74, 6) is 1.02. The van der Waals surface area contributed by atoms with Crippen LogP contribution >= 0.6 is 0 Å². The molecule has 1 N–H and O–H groups in total. The molecule has 0 saturated heterocycles. The number of hydrogen-bond acceptors (Lipinski definition) is 4. The van der Waals surface area contributed by atoms with Crippen LogP contribution in [0.2, 0.25) is 0 Å². The largest absolute Gasteiger partial charge is 0.481 e. The van der Waals surface area contributed by atoms with Gasteiger partial charge in [0.25, 0.3) is 0 Å². The summed E-state index contributed by atoms with van der Waals surface area (Å²) < 4.78 is 5.74. The maximum atomic E-state index is 10.4. The highest BCUT2D eigenvalue weighted by Crippen LogP contribution is 2.48. The average Bonchev–Trinajstić information content (AvgIpc) is 2.90. The molecule has 106 valence electrons. The Kier molecular flexibility index (Phi) is 4.22. The molecule has 19 heavy (non-hydrogen) atoms. The molecule has 1 heterocycles. The Hall–Kier alpha value is -1.39. The summed E-state index contributed by atoms with van der Waals surface area (Å²) in [6, 6.07) is 0. The smallest absolute Gasteiger partial charge is 0.303 e. The zero-order chi connectivity index (χ0) is 13.9. The van der Waals surface area contributed by atoms with Crippen molar-refractivity contribution in [1.29, 1.82) is 0 Å². The van der Waals surface area contributed by atoms with Gasteiger partial charge in [-0.2, -0.15) is 0 Å². The van der Waals surface area contributed by atoms with Gasteiger partial charge in [-0.15, -0.1) is 10.2 Å². The summed E-state index contributed by atoms with van der Waals surface area (Å²) in [5, 5.41) is 16.8. The molecule has 0 aromatic carbocycles. The van der Waals surface area contributed by atoms with Crippen molar-refractivity contribution >= 4 is 5.97 Å². The normalized spacial score (nSPS) is 21.7. The molecule has 1 aliphatic rings. The summed E-state index contributed by atoms with van der Waals surface area (Å²) in [5.41, 5.74) is 0.243. The van der Waals surface area contributed by atoms with Crippen molar-refractivity contribution in [1.82, 2.24) is 10.2 Å². The lowest BCUT2D eigenvalue weighted by Crippen LogP contribution is -2.15. The van der Waals surface area contributed by atoms with E-state index in [0.29, 0.717) is 24.7 Å². The van der Waals surface area contributed by atoms with E-state index in [2.05, 4.69) is 24.0 Å². The van der Waals surface area contributed by atoms with Gasteiger partial charge in [0.05, 0.1) is 0 Å². The third-order valence-electron chi connectivity index (χ3n) is 4.07. The number of rotatable bonds is 6. The van der Waals surface area contributed by atoms with E-state index in [0.717, 1.165) is 18.7 Å². The molecule has 1 saturated carbocycles. The minimum Gasteiger partial charge on any atom is -0.481 e.